The second-order valence-corrected chi connectivity index (χ2v) is 5.67. The minimum atomic E-state index is -0.583. The summed E-state index contributed by atoms with van der Waals surface area (Å²) in [6.07, 6.45) is 0. The first kappa shape index (κ1) is 15.5. The molecule has 7 nitrogen and oxygen atoms in total. The molecule has 0 N–H and O–H groups in total. The zero-order valence-electron chi connectivity index (χ0n) is 13.0. The predicted octanol–water partition coefficient (Wildman–Crippen LogP) is 0.308. The standard InChI is InChI=1S/C16H19N3O4/c1-23-11-14(20)17-7-8-18-13(10-17)15(21)19(16(18)22)9-12-5-3-2-4-6-12/h2-6,13H,7-11H2,1H3. The third-order valence-corrected chi connectivity index (χ3v) is 4.21. The summed E-state index contributed by atoms with van der Waals surface area (Å²) in [7, 11) is 1.46. The largest absolute Gasteiger partial charge is 0.375 e. The van der Waals surface area contributed by atoms with Gasteiger partial charge in [0, 0.05) is 20.2 Å². The van der Waals surface area contributed by atoms with Gasteiger partial charge in [-0.05, 0) is 5.56 Å². The average molecular weight is 317 g/mol. The number of urea groups is 1. The van der Waals surface area contributed by atoms with Crippen LogP contribution < -0.4 is 0 Å². The van der Waals surface area contributed by atoms with E-state index in [0.717, 1.165) is 5.56 Å². The van der Waals surface area contributed by atoms with Crippen LogP contribution in [0.3, 0.4) is 0 Å². The van der Waals surface area contributed by atoms with Gasteiger partial charge in [-0.15, -0.1) is 0 Å². The number of methoxy groups -OCH3 is 1. The second-order valence-electron chi connectivity index (χ2n) is 5.67. The molecule has 1 aromatic rings. The van der Waals surface area contributed by atoms with Crippen molar-refractivity contribution in [3.63, 3.8) is 0 Å². The smallest absolute Gasteiger partial charge is 0.327 e. The van der Waals surface area contributed by atoms with Crippen LogP contribution in [0.5, 0.6) is 0 Å². The van der Waals surface area contributed by atoms with Crippen molar-refractivity contribution in [3.8, 4) is 0 Å². The van der Waals surface area contributed by atoms with E-state index in [1.807, 2.05) is 30.3 Å². The van der Waals surface area contributed by atoms with E-state index in [2.05, 4.69) is 0 Å². The van der Waals surface area contributed by atoms with Crippen LogP contribution in [-0.2, 0) is 20.9 Å². The number of hydrogen-bond donors (Lipinski definition) is 0. The van der Waals surface area contributed by atoms with Gasteiger partial charge in [-0.1, -0.05) is 30.3 Å². The SMILES string of the molecule is COCC(=O)N1CCN2C(=O)N(Cc3ccccc3)C(=O)C2C1. The van der Waals surface area contributed by atoms with Crippen molar-refractivity contribution >= 4 is 17.8 Å². The predicted molar refractivity (Wildman–Crippen MR) is 81.3 cm³/mol. The quantitative estimate of drug-likeness (QED) is 0.749. The topological polar surface area (TPSA) is 70.2 Å². The number of imide groups is 1. The highest BCUT2D eigenvalue weighted by atomic mass is 16.5. The van der Waals surface area contributed by atoms with Gasteiger partial charge in [0.15, 0.2) is 0 Å². The van der Waals surface area contributed by atoms with Gasteiger partial charge in [0.2, 0.25) is 5.91 Å². The maximum Gasteiger partial charge on any atom is 0.327 e. The van der Waals surface area contributed by atoms with Crippen molar-refractivity contribution in [1.29, 1.82) is 0 Å². The Labute approximate surface area is 134 Å². The van der Waals surface area contributed by atoms with Crippen LogP contribution in [0.4, 0.5) is 4.79 Å². The van der Waals surface area contributed by atoms with E-state index in [1.54, 1.807) is 9.80 Å². The van der Waals surface area contributed by atoms with Crippen LogP contribution in [-0.4, -0.2) is 71.9 Å². The van der Waals surface area contributed by atoms with Crippen LogP contribution in [0, 0.1) is 0 Å². The van der Waals surface area contributed by atoms with Crippen LogP contribution in [0.2, 0.25) is 0 Å². The molecule has 2 saturated heterocycles. The lowest BCUT2D eigenvalue weighted by atomic mass is 10.1. The number of ether oxygens (including phenoxy) is 1. The van der Waals surface area contributed by atoms with Gasteiger partial charge in [-0.25, -0.2) is 4.79 Å². The molecule has 2 aliphatic heterocycles. The van der Waals surface area contributed by atoms with E-state index < -0.39 is 6.04 Å². The van der Waals surface area contributed by atoms with E-state index in [-0.39, 0.29) is 37.5 Å². The molecule has 1 unspecified atom stereocenters. The Morgan fingerprint density at radius 2 is 1.96 bits per heavy atom. The summed E-state index contributed by atoms with van der Waals surface area (Å²) in [6, 6.07) is 8.54. The molecular weight excluding hydrogens is 298 g/mol. The Hall–Kier alpha value is -2.41. The molecule has 0 radical (unpaired) electrons. The number of carbonyl (C=O) groups is 3. The Morgan fingerprint density at radius 3 is 2.65 bits per heavy atom. The normalized spacial score (nSPS) is 20.9. The number of piperazine rings is 1. The molecule has 23 heavy (non-hydrogen) atoms. The number of fused-ring (bicyclic) bond motifs is 1. The third kappa shape index (κ3) is 2.92. The Kier molecular flexibility index (Phi) is 4.29. The summed E-state index contributed by atoms with van der Waals surface area (Å²) in [5.41, 5.74) is 0.904. The highest BCUT2D eigenvalue weighted by molar-refractivity contribution is 6.04. The zero-order chi connectivity index (χ0) is 16.4. The summed E-state index contributed by atoms with van der Waals surface area (Å²) in [4.78, 5) is 41.4. The Balaban J connectivity index is 1.72. The van der Waals surface area contributed by atoms with E-state index >= 15 is 0 Å². The molecule has 0 spiro atoms. The molecule has 1 atom stereocenters. The minimum Gasteiger partial charge on any atom is -0.375 e. The molecule has 122 valence electrons. The lowest BCUT2D eigenvalue weighted by Gasteiger charge is -2.35. The highest BCUT2D eigenvalue weighted by Crippen LogP contribution is 2.23. The molecule has 0 saturated carbocycles. The van der Waals surface area contributed by atoms with Crippen molar-refractivity contribution in [2.45, 2.75) is 12.6 Å². The second kappa shape index (κ2) is 6.37. The van der Waals surface area contributed by atoms with Crippen LogP contribution in [0.15, 0.2) is 30.3 Å². The van der Waals surface area contributed by atoms with Gasteiger partial charge in [0.05, 0.1) is 13.1 Å². The summed E-state index contributed by atoms with van der Waals surface area (Å²) in [5, 5.41) is 0. The van der Waals surface area contributed by atoms with Crippen molar-refractivity contribution < 1.29 is 19.1 Å². The third-order valence-electron chi connectivity index (χ3n) is 4.21. The molecule has 0 bridgehead atoms. The van der Waals surface area contributed by atoms with Crippen molar-refractivity contribution in [2.24, 2.45) is 0 Å². The van der Waals surface area contributed by atoms with Gasteiger partial charge >= 0.3 is 6.03 Å². The highest BCUT2D eigenvalue weighted by Gasteiger charge is 2.48. The molecule has 7 heteroatoms. The number of hydrogen-bond acceptors (Lipinski definition) is 4. The molecular formula is C16H19N3O4. The summed E-state index contributed by atoms with van der Waals surface area (Å²) >= 11 is 0. The summed E-state index contributed by atoms with van der Waals surface area (Å²) in [6.45, 7) is 1.28. The van der Waals surface area contributed by atoms with Crippen molar-refractivity contribution in [3.05, 3.63) is 35.9 Å². The summed E-state index contributed by atoms with van der Waals surface area (Å²) < 4.78 is 4.85. The Bertz CT molecular complexity index is 619. The number of benzene rings is 1. The van der Waals surface area contributed by atoms with Crippen LogP contribution >= 0.6 is 0 Å². The number of amides is 4. The first-order chi connectivity index (χ1) is 11.1. The number of nitrogens with zero attached hydrogens (tertiary/aromatic N) is 3. The maximum absolute atomic E-state index is 12.6. The van der Waals surface area contributed by atoms with Gasteiger partial charge < -0.3 is 14.5 Å². The number of rotatable bonds is 4. The molecule has 2 heterocycles. The van der Waals surface area contributed by atoms with Crippen molar-refractivity contribution in [1.82, 2.24) is 14.7 Å². The molecule has 0 aromatic heterocycles. The average Bonchev–Trinajstić information content (AvgIpc) is 2.81. The van der Waals surface area contributed by atoms with E-state index in [0.29, 0.717) is 13.1 Å². The summed E-state index contributed by atoms with van der Waals surface area (Å²) in [5.74, 6) is -0.400. The molecule has 3 rings (SSSR count). The lowest BCUT2D eigenvalue weighted by molar-refractivity contribution is -0.139. The van der Waals surface area contributed by atoms with Crippen molar-refractivity contribution in [2.75, 3.05) is 33.4 Å². The van der Waals surface area contributed by atoms with E-state index in [9.17, 15) is 14.4 Å². The number of carbonyl (C=O) groups excluding carboxylic acids is 3. The molecule has 2 fully saturated rings. The van der Waals surface area contributed by atoms with Crippen LogP contribution in [0.1, 0.15) is 5.56 Å². The lowest BCUT2D eigenvalue weighted by Crippen LogP contribution is -2.55. The van der Waals surface area contributed by atoms with Crippen LogP contribution in [0.25, 0.3) is 0 Å². The fourth-order valence-electron chi connectivity index (χ4n) is 3.01. The first-order valence-corrected chi connectivity index (χ1v) is 7.54. The maximum atomic E-state index is 12.6. The zero-order valence-corrected chi connectivity index (χ0v) is 13.0. The molecule has 1 aromatic carbocycles. The minimum absolute atomic E-state index is 0.0113. The molecule has 2 aliphatic rings. The van der Waals surface area contributed by atoms with Gasteiger partial charge in [0.25, 0.3) is 5.91 Å². The van der Waals surface area contributed by atoms with E-state index in [4.69, 9.17) is 4.74 Å². The Morgan fingerprint density at radius 1 is 1.22 bits per heavy atom. The van der Waals surface area contributed by atoms with Gasteiger partial charge in [-0.3, -0.25) is 14.5 Å². The molecule has 0 aliphatic carbocycles. The fourth-order valence-corrected chi connectivity index (χ4v) is 3.01. The fraction of sp³-hybridized carbons (Fsp3) is 0.438. The van der Waals surface area contributed by atoms with Gasteiger partial charge in [0.1, 0.15) is 12.6 Å². The van der Waals surface area contributed by atoms with Gasteiger partial charge in [-0.2, -0.15) is 0 Å². The monoisotopic (exact) mass is 317 g/mol. The molecule has 4 amide bonds. The first-order valence-electron chi connectivity index (χ1n) is 7.54. The van der Waals surface area contributed by atoms with E-state index in [1.165, 1.54) is 12.0 Å².